The van der Waals surface area contributed by atoms with E-state index in [2.05, 4.69) is 16.5 Å². The molecule has 0 radical (unpaired) electrons. The molecule has 0 saturated carbocycles. The van der Waals surface area contributed by atoms with Crippen molar-refractivity contribution in [2.75, 3.05) is 18.9 Å². The number of aryl methyl sites for hydroxylation is 2. The van der Waals surface area contributed by atoms with Crippen LogP contribution in [0.25, 0.3) is 0 Å². The van der Waals surface area contributed by atoms with Gasteiger partial charge in [0.1, 0.15) is 5.82 Å². The summed E-state index contributed by atoms with van der Waals surface area (Å²) in [5.41, 5.74) is 3.13. The molecule has 1 aromatic carbocycles. The first-order valence-corrected chi connectivity index (χ1v) is 9.01. The number of halogens is 1. The molecule has 0 atom stereocenters. The molecule has 0 aliphatic rings. The van der Waals surface area contributed by atoms with Crippen molar-refractivity contribution in [3.05, 3.63) is 47.0 Å². The summed E-state index contributed by atoms with van der Waals surface area (Å²) >= 11 is 0. The average molecular weight is 385 g/mol. The highest BCUT2D eigenvalue weighted by atomic mass is 19.1. The first-order valence-electron chi connectivity index (χ1n) is 9.01. The van der Waals surface area contributed by atoms with Crippen molar-refractivity contribution >= 4 is 17.5 Å². The standard InChI is InChI=1S/C20H24FN5O2/c1-14-18(15(2)26(24-14)11-5-10-22)8-9-20(28)25(3)13-19(27)23-17-7-4-6-16(21)12-17/h4,6-7,12H,5,8-9,11,13H2,1-3H3,(H,23,27). The van der Waals surface area contributed by atoms with Crippen molar-refractivity contribution in [2.24, 2.45) is 0 Å². The Bertz CT molecular complexity index is 900. The van der Waals surface area contributed by atoms with Gasteiger partial charge in [0.2, 0.25) is 11.8 Å². The van der Waals surface area contributed by atoms with Crippen molar-refractivity contribution in [3.8, 4) is 6.07 Å². The van der Waals surface area contributed by atoms with Crippen LogP contribution in [0.5, 0.6) is 0 Å². The van der Waals surface area contributed by atoms with Gasteiger partial charge in [-0.05, 0) is 44.0 Å². The summed E-state index contributed by atoms with van der Waals surface area (Å²) in [6.45, 7) is 4.21. The predicted octanol–water partition coefficient (Wildman–Crippen LogP) is 2.58. The normalized spacial score (nSPS) is 10.4. The Hall–Kier alpha value is -3.21. The second-order valence-corrected chi connectivity index (χ2v) is 6.59. The summed E-state index contributed by atoms with van der Waals surface area (Å²) in [5, 5.41) is 15.7. The molecule has 8 heteroatoms. The Morgan fingerprint density at radius 1 is 1.36 bits per heavy atom. The molecule has 28 heavy (non-hydrogen) atoms. The minimum atomic E-state index is -0.441. The number of anilines is 1. The van der Waals surface area contributed by atoms with E-state index in [9.17, 15) is 14.0 Å². The average Bonchev–Trinajstić information content (AvgIpc) is 2.91. The Labute approximate surface area is 163 Å². The Balaban J connectivity index is 1.88. The largest absolute Gasteiger partial charge is 0.336 e. The monoisotopic (exact) mass is 385 g/mol. The zero-order valence-corrected chi connectivity index (χ0v) is 16.3. The SMILES string of the molecule is Cc1nn(CCC#N)c(C)c1CCC(=O)N(C)CC(=O)Nc1cccc(F)c1. The fraction of sp³-hybridized carbons (Fsp3) is 0.400. The highest BCUT2D eigenvalue weighted by molar-refractivity contribution is 5.94. The van der Waals surface area contributed by atoms with Crippen molar-refractivity contribution < 1.29 is 14.0 Å². The van der Waals surface area contributed by atoms with Crippen LogP contribution in [0, 0.1) is 31.0 Å². The maximum absolute atomic E-state index is 13.2. The third-order valence-corrected chi connectivity index (χ3v) is 4.47. The van der Waals surface area contributed by atoms with Crippen molar-refractivity contribution in [1.29, 1.82) is 5.26 Å². The van der Waals surface area contributed by atoms with Gasteiger partial charge in [0.15, 0.2) is 0 Å². The number of rotatable bonds is 8. The molecule has 1 aromatic heterocycles. The highest BCUT2D eigenvalue weighted by Crippen LogP contribution is 2.16. The highest BCUT2D eigenvalue weighted by Gasteiger charge is 2.16. The van der Waals surface area contributed by atoms with Crippen molar-refractivity contribution in [1.82, 2.24) is 14.7 Å². The lowest BCUT2D eigenvalue weighted by molar-refractivity contribution is -0.133. The molecular weight excluding hydrogens is 361 g/mol. The number of carbonyl (C=O) groups excluding carboxylic acids is 2. The quantitative estimate of drug-likeness (QED) is 0.756. The number of amides is 2. The topological polar surface area (TPSA) is 91.0 Å². The Morgan fingerprint density at radius 3 is 2.79 bits per heavy atom. The molecule has 0 aliphatic heterocycles. The summed E-state index contributed by atoms with van der Waals surface area (Å²) in [6, 6.07) is 7.69. The number of nitrogens with one attached hydrogen (secondary N) is 1. The molecule has 7 nitrogen and oxygen atoms in total. The van der Waals surface area contributed by atoms with Gasteiger partial charge in [-0.3, -0.25) is 14.3 Å². The lowest BCUT2D eigenvalue weighted by Gasteiger charge is -2.17. The minimum Gasteiger partial charge on any atom is -0.336 e. The maximum atomic E-state index is 13.2. The molecular formula is C20H24FN5O2. The second-order valence-electron chi connectivity index (χ2n) is 6.59. The lowest BCUT2D eigenvalue weighted by Crippen LogP contribution is -2.35. The van der Waals surface area contributed by atoms with E-state index in [4.69, 9.17) is 5.26 Å². The number of benzene rings is 1. The first kappa shape index (κ1) is 21.1. The van der Waals surface area contributed by atoms with Crippen LogP contribution in [0.3, 0.4) is 0 Å². The molecule has 0 fully saturated rings. The molecule has 1 N–H and O–H groups in total. The number of hydrogen-bond acceptors (Lipinski definition) is 4. The second kappa shape index (κ2) is 9.65. The van der Waals surface area contributed by atoms with Gasteiger partial charge in [0.25, 0.3) is 0 Å². The van der Waals surface area contributed by atoms with Crippen LogP contribution in [0.15, 0.2) is 24.3 Å². The zero-order chi connectivity index (χ0) is 20.7. The Morgan fingerprint density at radius 2 is 2.11 bits per heavy atom. The van der Waals surface area contributed by atoms with E-state index in [1.54, 1.807) is 17.8 Å². The summed E-state index contributed by atoms with van der Waals surface area (Å²) in [5.74, 6) is -1.00. The van der Waals surface area contributed by atoms with E-state index < -0.39 is 11.7 Å². The molecule has 0 spiro atoms. The fourth-order valence-electron chi connectivity index (χ4n) is 2.96. The summed E-state index contributed by atoms with van der Waals surface area (Å²) in [6.07, 6.45) is 1.14. The Kier molecular flexibility index (Phi) is 7.27. The van der Waals surface area contributed by atoms with E-state index >= 15 is 0 Å². The first-order chi connectivity index (χ1) is 13.3. The van der Waals surface area contributed by atoms with Crippen LogP contribution >= 0.6 is 0 Å². The molecule has 2 amide bonds. The molecule has 2 aromatic rings. The lowest BCUT2D eigenvalue weighted by atomic mass is 10.1. The van der Waals surface area contributed by atoms with Crippen LogP contribution in [0.1, 0.15) is 29.8 Å². The number of carbonyl (C=O) groups is 2. The van der Waals surface area contributed by atoms with Crippen LogP contribution in [0.2, 0.25) is 0 Å². The van der Waals surface area contributed by atoms with Crippen LogP contribution in [0.4, 0.5) is 10.1 Å². The summed E-state index contributed by atoms with van der Waals surface area (Å²) in [4.78, 5) is 25.8. The van der Waals surface area contributed by atoms with Gasteiger partial charge < -0.3 is 10.2 Å². The zero-order valence-electron chi connectivity index (χ0n) is 16.3. The molecule has 0 aliphatic carbocycles. The number of hydrogen-bond donors (Lipinski definition) is 1. The maximum Gasteiger partial charge on any atom is 0.243 e. The minimum absolute atomic E-state index is 0.116. The number of aromatic nitrogens is 2. The smallest absolute Gasteiger partial charge is 0.243 e. The van der Waals surface area contributed by atoms with Crippen LogP contribution < -0.4 is 5.32 Å². The number of likely N-dealkylation sites (N-methyl/N-ethyl adjacent to an activating group) is 1. The van der Waals surface area contributed by atoms with Crippen LogP contribution in [-0.4, -0.2) is 40.1 Å². The van der Waals surface area contributed by atoms with Crippen LogP contribution in [-0.2, 0) is 22.6 Å². The van der Waals surface area contributed by atoms with Gasteiger partial charge in [-0.15, -0.1) is 0 Å². The van der Waals surface area contributed by atoms with Gasteiger partial charge >= 0.3 is 0 Å². The van der Waals surface area contributed by atoms with E-state index in [1.165, 1.54) is 23.1 Å². The van der Waals surface area contributed by atoms with Gasteiger partial charge in [-0.1, -0.05) is 6.07 Å². The molecule has 1 heterocycles. The number of nitriles is 1. The predicted molar refractivity (Wildman–Crippen MR) is 103 cm³/mol. The fourth-order valence-corrected chi connectivity index (χ4v) is 2.96. The van der Waals surface area contributed by atoms with Gasteiger partial charge in [-0.25, -0.2) is 4.39 Å². The van der Waals surface area contributed by atoms with E-state index in [0.29, 0.717) is 25.1 Å². The third-order valence-electron chi connectivity index (χ3n) is 4.47. The molecule has 2 rings (SSSR count). The molecule has 0 saturated heterocycles. The van der Waals surface area contributed by atoms with E-state index in [-0.39, 0.29) is 18.9 Å². The molecule has 148 valence electrons. The summed E-state index contributed by atoms with van der Waals surface area (Å²) in [7, 11) is 1.56. The van der Waals surface area contributed by atoms with Crippen molar-refractivity contribution in [2.45, 2.75) is 39.7 Å². The third kappa shape index (κ3) is 5.64. The van der Waals surface area contributed by atoms with Crippen molar-refractivity contribution in [3.63, 3.8) is 0 Å². The molecule has 0 unspecified atom stereocenters. The van der Waals surface area contributed by atoms with Gasteiger partial charge in [0.05, 0.1) is 31.3 Å². The summed E-state index contributed by atoms with van der Waals surface area (Å²) < 4.78 is 15.0. The van der Waals surface area contributed by atoms with E-state index in [1.807, 2.05) is 13.8 Å². The van der Waals surface area contributed by atoms with Gasteiger partial charge in [0, 0.05) is 24.8 Å². The number of nitrogens with zero attached hydrogens (tertiary/aromatic N) is 4. The van der Waals surface area contributed by atoms with E-state index in [0.717, 1.165) is 17.0 Å². The molecule has 0 bridgehead atoms. The van der Waals surface area contributed by atoms with Gasteiger partial charge in [-0.2, -0.15) is 10.4 Å².